The summed E-state index contributed by atoms with van der Waals surface area (Å²) in [6.07, 6.45) is 1.73. The van der Waals surface area contributed by atoms with Crippen LogP contribution < -0.4 is 11.1 Å². The van der Waals surface area contributed by atoms with Crippen molar-refractivity contribution in [2.45, 2.75) is 45.1 Å². The van der Waals surface area contributed by atoms with E-state index in [0.29, 0.717) is 24.9 Å². The molecule has 0 aliphatic heterocycles. The summed E-state index contributed by atoms with van der Waals surface area (Å²) >= 11 is 0. The van der Waals surface area contributed by atoms with Crippen molar-refractivity contribution in [3.63, 3.8) is 0 Å². The molecule has 0 spiro atoms. The van der Waals surface area contributed by atoms with Crippen LogP contribution in [-0.4, -0.2) is 22.5 Å². The molecule has 0 bridgehead atoms. The number of nitrogens with two attached hydrogens (primary N) is 1. The number of carboxylic acid groups (broad SMARTS) is 1. The third-order valence-electron chi connectivity index (χ3n) is 3.55. The minimum atomic E-state index is -0.845. The largest absolute Gasteiger partial charge is 0.481 e. The molecule has 1 aromatic carbocycles. The molecule has 0 heterocycles. The maximum absolute atomic E-state index is 12.1. The Hall–Kier alpha value is -1.88. The monoisotopic (exact) mass is 278 g/mol. The predicted molar refractivity (Wildman–Crippen MR) is 78.5 cm³/mol. The topological polar surface area (TPSA) is 92.4 Å². The number of nitrogens with one attached hydrogen (secondary N) is 1. The van der Waals surface area contributed by atoms with Gasteiger partial charge in [0.05, 0.1) is 5.54 Å². The van der Waals surface area contributed by atoms with Crippen molar-refractivity contribution < 1.29 is 14.7 Å². The minimum Gasteiger partial charge on any atom is -0.481 e. The molecule has 0 fully saturated rings. The zero-order valence-corrected chi connectivity index (χ0v) is 12.0. The Morgan fingerprint density at radius 1 is 1.20 bits per heavy atom. The van der Waals surface area contributed by atoms with Gasteiger partial charge in [-0.05, 0) is 37.0 Å². The molecule has 5 heteroatoms. The van der Waals surface area contributed by atoms with Crippen LogP contribution in [0.15, 0.2) is 24.3 Å². The number of rotatable bonds is 7. The molecule has 0 unspecified atom stereocenters. The molecule has 110 valence electrons. The fourth-order valence-electron chi connectivity index (χ4n) is 1.83. The Morgan fingerprint density at radius 2 is 1.75 bits per heavy atom. The van der Waals surface area contributed by atoms with Gasteiger partial charge in [0.1, 0.15) is 0 Å². The highest BCUT2D eigenvalue weighted by molar-refractivity contribution is 5.97. The molecule has 0 aromatic heterocycles. The lowest BCUT2D eigenvalue weighted by Crippen LogP contribution is -2.50. The van der Waals surface area contributed by atoms with Crippen molar-refractivity contribution in [3.8, 4) is 0 Å². The Kier molecular flexibility index (Phi) is 5.70. The van der Waals surface area contributed by atoms with Gasteiger partial charge in [-0.2, -0.15) is 0 Å². The number of aryl methyl sites for hydroxylation is 1. The van der Waals surface area contributed by atoms with E-state index < -0.39 is 11.5 Å². The molecule has 5 nitrogen and oxygen atoms in total. The summed E-state index contributed by atoms with van der Waals surface area (Å²) < 4.78 is 0. The predicted octanol–water partition coefficient (Wildman–Crippen LogP) is 2.16. The molecule has 1 amide bonds. The third-order valence-corrected chi connectivity index (χ3v) is 3.55. The van der Waals surface area contributed by atoms with Gasteiger partial charge in [0.25, 0.3) is 0 Å². The quantitative estimate of drug-likeness (QED) is 0.712. The first-order valence-corrected chi connectivity index (χ1v) is 6.82. The molecule has 20 heavy (non-hydrogen) atoms. The van der Waals surface area contributed by atoms with Crippen LogP contribution in [0.3, 0.4) is 0 Å². The van der Waals surface area contributed by atoms with E-state index >= 15 is 0 Å². The first kappa shape index (κ1) is 16.2. The van der Waals surface area contributed by atoms with E-state index in [1.807, 2.05) is 26.0 Å². The normalized spacial score (nSPS) is 11.2. The van der Waals surface area contributed by atoms with Gasteiger partial charge in [-0.15, -0.1) is 0 Å². The molecule has 0 atom stereocenters. The van der Waals surface area contributed by atoms with Crippen LogP contribution in [0.25, 0.3) is 0 Å². The van der Waals surface area contributed by atoms with Crippen LogP contribution in [0, 0.1) is 0 Å². The van der Waals surface area contributed by atoms with Crippen LogP contribution in [0.2, 0.25) is 0 Å². The van der Waals surface area contributed by atoms with Gasteiger partial charge in [-0.25, -0.2) is 0 Å². The molecule has 4 N–H and O–H groups in total. The fraction of sp³-hybridized carbons (Fsp3) is 0.467. The summed E-state index contributed by atoms with van der Waals surface area (Å²) in [7, 11) is 0. The van der Waals surface area contributed by atoms with E-state index in [1.54, 1.807) is 12.1 Å². The average Bonchev–Trinajstić information content (AvgIpc) is 2.45. The van der Waals surface area contributed by atoms with Crippen LogP contribution in [-0.2, 0) is 16.0 Å². The van der Waals surface area contributed by atoms with Crippen molar-refractivity contribution in [1.29, 1.82) is 0 Å². The van der Waals surface area contributed by atoms with Crippen LogP contribution in [0.1, 0.15) is 38.7 Å². The van der Waals surface area contributed by atoms with Crippen molar-refractivity contribution in [3.05, 3.63) is 29.8 Å². The van der Waals surface area contributed by atoms with Gasteiger partial charge in [0.2, 0.25) is 5.91 Å². The van der Waals surface area contributed by atoms with E-state index in [-0.39, 0.29) is 12.3 Å². The zero-order chi connectivity index (χ0) is 15.2. The first-order chi connectivity index (χ1) is 9.41. The Bertz CT molecular complexity index is 465. The smallest absolute Gasteiger partial charge is 0.303 e. The SMILES string of the molecule is CCC(N)(CC)C(=O)Nc1ccc(CCC(=O)O)cc1. The Morgan fingerprint density at radius 3 is 2.20 bits per heavy atom. The zero-order valence-electron chi connectivity index (χ0n) is 12.0. The Labute approximate surface area is 119 Å². The van der Waals surface area contributed by atoms with Gasteiger partial charge in [0, 0.05) is 12.1 Å². The number of anilines is 1. The number of hydrogen-bond donors (Lipinski definition) is 3. The molecule has 1 rings (SSSR count). The molecular weight excluding hydrogens is 256 g/mol. The van der Waals surface area contributed by atoms with Gasteiger partial charge >= 0.3 is 5.97 Å². The van der Waals surface area contributed by atoms with Crippen molar-refractivity contribution in [2.75, 3.05) is 5.32 Å². The summed E-state index contributed by atoms with van der Waals surface area (Å²) in [5.74, 6) is -1.01. The third kappa shape index (κ3) is 4.35. The lowest BCUT2D eigenvalue weighted by Gasteiger charge is -2.25. The number of benzene rings is 1. The van der Waals surface area contributed by atoms with Crippen LogP contribution >= 0.6 is 0 Å². The second-order valence-corrected chi connectivity index (χ2v) is 4.91. The lowest BCUT2D eigenvalue weighted by atomic mass is 9.93. The lowest BCUT2D eigenvalue weighted by molar-refractivity contribution is -0.137. The average molecular weight is 278 g/mol. The maximum atomic E-state index is 12.1. The minimum absolute atomic E-state index is 0.100. The second kappa shape index (κ2) is 7.05. The summed E-state index contributed by atoms with van der Waals surface area (Å²) in [6, 6.07) is 7.16. The highest BCUT2D eigenvalue weighted by atomic mass is 16.4. The number of carbonyl (C=O) groups excluding carboxylic acids is 1. The number of carbonyl (C=O) groups is 2. The van der Waals surface area contributed by atoms with Gasteiger partial charge in [-0.1, -0.05) is 26.0 Å². The summed E-state index contributed by atoms with van der Waals surface area (Å²) in [6.45, 7) is 3.77. The van der Waals surface area contributed by atoms with Gasteiger partial charge < -0.3 is 16.2 Å². The molecule has 1 aromatic rings. The van der Waals surface area contributed by atoms with E-state index in [1.165, 1.54) is 0 Å². The number of carboxylic acids is 1. The number of aliphatic carboxylic acids is 1. The second-order valence-electron chi connectivity index (χ2n) is 4.91. The molecule has 0 saturated carbocycles. The first-order valence-electron chi connectivity index (χ1n) is 6.82. The van der Waals surface area contributed by atoms with Gasteiger partial charge in [0.15, 0.2) is 0 Å². The maximum Gasteiger partial charge on any atom is 0.303 e. The molecule has 0 saturated heterocycles. The van der Waals surface area contributed by atoms with E-state index in [9.17, 15) is 9.59 Å². The van der Waals surface area contributed by atoms with Crippen LogP contribution in [0.4, 0.5) is 5.69 Å². The van der Waals surface area contributed by atoms with Crippen LogP contribution in [0.5, 0.6) is 0 Å². The standard InChI is InChI=1S/C15H22N2O3/c1-3-15(16,4-2)14(20)17-12-8-5-11(6-9-12)7-10-13(18)19/h5-6,8-9H,3-4,7,10,16H2,1-2H3,(H,17,20)(H,18,19). The molecule has 0 radical (unpaired) electrons. The van der Waals surface area contributed by atoms with Gasteiger partial charge in [-0.3, -0.25) is 9.59 Å². The van der Waals surface area contributed by atoms with E-state index in [4.69, 9.17) is 10.8 Å². The summed E-state index contributed by atoms with van der Waals surface area (Å²) in [4.78, 5) is 22.6. The van der Waals surface area contributed by atoms with E-state index in [2.05, 4.69) is 5.32 Å². The highest BCUT2D eigenvalue weighted by Crippen LogP contribution is 2.16. The molecular formula is C15H22N2O3. The summed E-state index contributed by atoms with van der Waals surface area (Å²) in [5.41, 5.74) is 6.77. The van der Waals surface area contributed by atoms with E-state index in [0.717, 1.165) is 5.56 Å². The highest BCUT2D eigenvalue weighted by Gasteiger charge is 2.29. The molecule has 0 aliphatic rings. The molecule has 0 aliphatic carbocycles. The number of amides is 1. The Balaban J connectivity index is 2.65. The van der Waals surface area contributed by atoms with Crippen molar-refractivity contribution in [1.82, 2.24) is 0 Å². The summed E-state index contributed by atoms with van der Waals surface area (Å²) in [5, 5.41) is 11.4. The van der Waals surface area contributed by atoms with Crippen molar-refractivity contribution >= 4 is 17.6 Å². The fourth-order valence-corrected chi connectivity index (χ4v) is 1.83. The number of hydrogen-bond acceptors (Lipinski definition) is 3. The van der Waals surface area contributed by atoms with Crippen molar-refractivity contribution in [2.24, 2.45) is 5.73 Å².